The highest BCUT2D eigenvalue weighted by molar-refractivity contribution is 5.40. The molecule has 2 rings (SSSR count). The minimum Gasteiger partial charge on any atom is -0.405 e. The molecule has 2 N–H and O–H groups in total. The number of benzene rings is 1. The van der Waals surface area contributed by atoms with Gasteiger partial charge in [-0.3, -0.25) is 0 Å². The number of rotatable bonds is 2. The van der Waals surface area contributed by atoms with Crippen LogP contribution < -0.4 is 10.5 Å². The smallest absolute Gasteiger partial charge is 0.405 e. The third-order valence-corrected chi connectivity index (χ3v) is 4.27. The van der Waals surface area contributed by atoms with Crippen LogP contribution in [0.15, 0.2) is 24.3 Å². The van der Waals surface area contributed by atoms with Crippen molar-refractivity contribution in [3.63, 3.8) is 0 Å². The van der Waals surface area contributed by atoms with Crippen molar-refractivity contribution in [3.05, 3.63) is 29.8 Å². The van der Waals surface area contributed by atoms with Crippen LogP contribution in [0.4, 0.5) is 13.2 Å². The Labute approximate surface area is 117 Å². The summed E-state index contributed by atoms with van der Waals surface area (Å²) in [5, 5.41) is 0. The van der Waals surface area contributed by atoms with Crippen LogP contribution in [0.2, 0.25) is 0 Å². The fourth-order valence-corrected chi connectivity index (χ4v) is 3.11. The van der Waals surface area contributed by atoms with Gasteiger partial charge in [0.25, 0.3) is 0 Å². The van der Waals surface area contributed by atoms with E-state index in [0.717, 1.165) is 12.8 Å². The van der Waals surface area contributed by atoms with Crippen molar-refractivity contribution < 1.29 is 17.9 Å². The minimum absolute atomic E-state index is 0.122. The minimum atomic E-state index is -4.70. The molecule has 1 aromatic carbocycles. The van der Waals surface area contributed by atoms with Crippen LogP contribution in [0.25, 0.3) is 0 Å². The van der Waals surface area contributed by atoms with Crippen LogP contribution in [0.3, 0.4) is 0 Å². The second-order valence-corrected chi connectivity index (χ2v) is 5.87. The Morgan fingerprint density at radius 3 is 2.50 bits per heavy atom. The fraction of sp³-hybridized carbons (Fsp3) is 0.600. The van der Waals surface area contributed by atoms with Gasteiger partial charge in [-0.25, -0.2) is 0 Å². The molecule has 0 heterocycles. The van der Waals surface area contributed by atoms with Crippen LogP contribution >= 0.6 is 0 Å². The van der Waals surface area contributed by atoms with E-state index in [1.165, 1.54) is 12.1 Å². The Bertz CT molecular complexity index is 474. The van der Waals surface area contributed by atoms with E-state index in [-0.39, 0.29) is 11.7 Å². The van der Waals surface area contributed by atoms with E-state index in [1.807, 2.05) is 6.92 Å². The van der Waals surface area contributed by atoms with E-state index in [2.05, 4.69) is 11.7 Å². The molecule has 0 saturated heterocycles. The van der Waals surface area contributed by atoms with Crippen LogP contribution in [-0.4, -0.2) is 6.36 Å². The first-order valence-electron chi connectivity index (χ1n) is 6.86. The van der Waals surface area contributed by atoms with Gasteiger partial charge >= 0.3 is 6.36 Å². The zero-order valence-corrected chi connectivity index (χ0v) is 11.7. The van der Waals surface area contributed by atoms with E-state index in [1.54, 1.807) is 12.1 Å². The summed E-state index contributed by atoms with van der Waals surface area (Å²) in [5.74, 6) is 0.343. The predicted molar refractivity (Wildman–Crippen MR) is 71.2 cm³/mol. The molecular weight excluding hydrogens is 267 g/mol. The van der Waals surface area contributed by atoms with Gasteiger partial charge in [-0.2, -0.15) is 0 Å². The molecule has 0 aliphatic heterocycles. The summed E-state index contributed by atoms with van der Waals surface area (Å²) >= 11 is 0. The number of alkyl halides is 3. The van der Waals surface area contributed by atoms with Crippen LogP contribution in [0.1, 0.15) is 38.7 Å². The third kappa shape index (κ3) is 3.08. The van der Waals surface area contributed by atoms with Crippen LogP contribution in [0, 0.1) is 11.8 Å². The maximum absolute atomic E-state index is 12.5. The Hall–Kier alpha value is -1.23. The molecule has 3 atom stereocenters. The molecule has 0 spiro atoms. The molecule has 1 aliphatic rings. The van der Waals surface area contributed by atoms with E-state index in [0.29, 0.717) is 17.9 Å². The number of nitrogens with two attached hydrogens (primary N) is 1. The summed E-state index contributed by atoms with van der Waals surface area (Å²) in [4.78, 5) is 0. The second-order valence-electron chi connectivity index (χ2n) is 5.87. The Balaban J connectivity index is 2.40. The summed E-state index contributed by atoms with van der Waals surface area (Å²) in [6.45, 7) is 4.08. The van der Waals surface area contributed by atoms with Gasteiger partial charge in [0.15, 0.2) is 0 Å². The SMILES string of the molecule is CC1CCC(C)C(N)(c2ccccc2OC(F)(F)F)C1. The monoisotopic (exact) mass is 287 g/mol. The lowest BCUT2D eigenvalue weighted by Crippen LogP contribution is -2.47. The molecule has 0 radical (unpaired) electrons. The number of para-hydroxylation sites is 1. The van der Waals surface area contributed by atoms with Gasteiger partial charge in [0, 0.05) is 11.1 Å². The van der Waals surface area contributed by atoms with Gasteiger partial charge < -0.3 is 10.5 Å². The molecule has 0 amide bonds. The fourth-order valence-electron chi connectivity index (χ4n) is 3.11. The second kappa shape index (κ2) is 5.28. The highest BCUT2D eigenvalue weighted by Crippen LogP contribution is 2.45. The number of halogens is 3. The van der Waals surface area contributed by atoms with Gasteiger partial charge in [0.1, 0.15) is 5.75 Å². The lowest BCUT2D eigenvalue weighted by atomic mass is 9.67. The molecule has 112 valence electrons. The maximum atomic E-state index is 12.5. The van der Waals surface area contributed by atoms with Crippen molar-refractivity contribution in [2.45, 2.75) is 45.0 Å². The van der Waals surface area contributed by atoms with E-state index < -0.39 is 11.9 Å². The number of hydrogen-bond donors (Lipinski definition) is 1. The lowest BCUT2D eigenvalue weighted by molar-refractivity contribution is -0.275. The maximum Gasteiger partial charge on any atom is 0.573 e. The molecule has 2 nitrogen and oxygen atoms in total. The molecule has 0 bridgehead atoms. The molecule has 5 heteroatoms. The van der Waals surface area contributed by atoms with Gasteiger partial charge in [0.2, 0.25) is 0 Å². The standard InChI is InChI=1S/C15H20F3NO/c1-10-7-8-11(2)14(19,9-10)12-5-3-4-6-13(12)20-15(16,17)18/h3-6,10-11H,7-9,19H2,1-2H3. The van der Waals surface area contributed by atoms with E-state index in [9.17, 15) is 13.2 Å². The van der Waals surface area contributed by atoms with Crippen molar-refractivity contribution in [2.75, 3.05) is 0 Å². The van der Waals surface area contributed by atoms with Crippen molar-refractivity contribution in [3.8, 4) is 5.75 Å². The average molecular weight is 287 g/mol. The summed E-state index contributed by atoms with van der Waals surface area (Å²) in [7, 11) is 0. The predicted octanol–water partition coefficient (Wildman–Crippen LogP) is 4.20. The van der Waals surface area contributed by atoms with Crippen molar-refractivity contribution in [2.24, 2.45) is 17.6 Å². The molecule has 0 aromatic heterocycles. The van der Waals surface area contributed by atoms with Gasteiger partial charge in [-0.1, -0.05) is 38.5 Å². The zero-order valence-electron chi connectivity index (χ0n) is 11.7. The Morgan fingerprint density at radius 2 is 1.85 bits per heavy atom. The normalized spacial score (nSPS) is 31.1. The quantitative estimate of drug-likeness (QED) is 0.885. The lowest BCUT2D eigenvalue weighted by Gasteiger charge is -2.43. The summed E-state index contributed by atoms with van der Waals surface area (Å²) in [5.41, 5.74) is 6.18. The van der Waals surface area contributed by atoms with Crippen LogP contribution in [0.5, 0.6) is 5.75 Å². The first-order valence-corrected chi connectivity index (χ1v) is 6.86. The first-order chi connectivity index (χ1) is 9.22. The van der Waals surface area contributed by atoms with E-state index in [4.69, 9.17) is 5.73 Å². The highest BCUT2D eigenvalue weighted by Gasteiger charge is 2.42. The molecule has 1 aromatic rings. The Morgan fingerprint density at radius 1 is 1.20 bits per heavy atom. The molecule has 20 heavy (non-hydrogen) atoms. The van der Waals surface area contributed by atoms with E-state index >= 15 is 0 Å². The first kappa shape index (κ1) is 15.2. The molecular formula is C15H20F3NO. The van der Waals surface area contributed by atoms with Crippen molar-refractivity contribution in [1.29, 1.82) is 0 Å². The third-order valence-electron chi connectivity index (χ3n) is 4.27. The van der Waals surface area contributed by atoms with Gasteiger partial charge in [0.05, 0.1) is 0 Å². The topological polar surface area (TPSA) is 35.2 Å². The summed E-state index contributed by atoms with van der Waals surface area (Å²) in [6.07, 6.45) is -2.05. The summed E-state index contributed by atoms with van der Waals surface area (Å²) < 4.78 is 41.7. The van der Waals surface area contributed by atoms with Gasteiger partial charge in [-0.05, 0) is 30.7 Å². The Kier molecular flexibility index (Phi) is 4.00. The molecule has 1 fully saturated rings. The van der Waals surface area contributed by atoms with Crippen molar-refractivity contribution in [1.82, 2.24) is 0 Å². The largest absolute Gasteiger partial charge is 0.573 e. The van der Waals surface area contributed by atoms with Crippen molar-refractivity contribution >= 4 is 0 Å². The summed E-state index contributed by atoms with van der Waals surface area (Å²) in [6, 6.07) is 6.23. The number of ether oxygens (including phenoxy) is 1. The molecule has 1 aliphatic carbocycles. The average Bonchev–Trinajstić information content (AvgIpc) is 2.33. The van der Waals surface area contributed by atoms with Crippen LogP contribution in [-0.2, 0) is 5.54 Å². The molecule has 3 unspecified atom stereocenters. The number of hydrogen-bond acceptors (Lipinski definition) is 2. The van der Waals surface area contributed by atoms with Gasteiger partial charge in [-0.15, -0.1) is 13.2 Å². The zero-order chi connectivity index (χ0) is 15.0. The highest BCUT2D eigenvalue weighted by atomic mass is 19.4. The molecule has 1 saturated carbocycles.